The number of aliphatic hydroxyl groups excluding tert-OH is 2. The molecule has 3 aliphatic heterocycles. The number of rotatable bonds is 11. The molecule has 0 saturated carbocycles. The number of allylic oxidation sites excluding steroid dienone is 2. The molecule has 3 aliphatic rings. The summed E-state index contributed by atoms with van der Waals surface area (Å²) >= 11 is 0. The van der Waals surface area contributed by atoms with E-state index in [4.69, 9.17) is 33.2 Å². The Kier molecular flexibility index (Phi) is 18.5. The molecule has 15 unspecified atom stereocenters. The van der Waals surface area contributed by atoms with Gasteiger partial charge in [-0.15, -0.1) is 0 Å². The molecular weight excluding hydrogens is 688 g/mol. The van der Waals surface area contributed by atoms with Gasteiger partial charge in [0.05, 0.1) is 43.0 Å². The van der Waals surface area contributed by atoms with E-state index in [1.54, 1.807) is 39.8 Å². The number of aliphatic hydroxyl groups is 2. The lowest BCUT2D eigenvalue weighted by molar-refractivity contribution is -0.310. The highest BCUT2D eigenvalue weighted by Crippen LogP contribution is 2.35. The first kappa shape index (κ1) is 45.1. The number of hydrogen-bond acceptors (Lipinski definition) is 14. The Bertz CT molecular complexity index is 1200. The average Bonchev–Trinajstić information content (AvgIpc) is 3.08. The van der Waals surface area contributed by atoms with Crippen molar-refractivity contribution in [3.63, 3.8) is 0 Å². The fourth-order valence-corrected chi connectivity index (χ4v) is 7.69. The molecule has 304 valence electrons. The Morgan fingerprint density at radius 2 is 1.68 bits per heavy atom. The number of carbonyl (C=O) groups excluding carboxylic acids is 3. The van der Waals surface area contributed by atoms with E-state index >= 15 is 0 Å². The number of aldehydes is 1. The fraction of sp³-hybridized carbons (Fsp3) is 0.821. The Morgan fingerprint density at radius 1 is 0.962 bits per heavy atom. The second-order valence-electron chi connectivity index (χ2n) is 15.2. The molecule has 0 amide bonds. The number of ether oxygens (including phenoxy) is 7. The summed E-state index contributed by atoms with van der Waals surface area (Å²) in [4.78, 5) is 42.4. The van der Waals surface area contributed by atoms with E-state index in [-0.39, 0.29) is 37.3 Å². The van der Waals surface area contributed by atoms with Crippen molar-refractivity contribution in [1.82, 2.24) is 9.80 Å². The van der Waals surface area contributed by atoms with E-state index in [0.717, 1.165) is 12.7 Å². The van der Waals surface area contributed by atoms with E-state index in [0.29, 0.717) is 19.3 Å². The van der Waals surface area contributed by atoms with Crippen LogP contribution in [0.3, 0.4) is 0 Å². The Labute approximate surface area is 316 Å². The van der Waals surface area contributed by atoms with Gasteiger partial charge in [-0.3, -0.25) is 9.59 Å². The minimum Gasteiger partial charge on any atom is -0.462 e. The van der Waals surface area contributed by atoms with Crippen LogP contribution in [-0.2, 0) is 47.5 Å². The van der Waals surface area contributed by atoms with Crippen LogP contribution in [0.1, 0.15) is 79.6 Å². The Hall–Kier alpha value is -2.27. The molecule has 0 radical (unpaired) electrons. The maximum absolute atomic E-state index is 13.3. The second-order valence-corrected chi connectivity index (χ2v) is 15.2. The summed E-state index contributed by atoms with van der Waals surface area (Å²) in [6, 6.07) is -0.478. The Morgan fingerprint density at radius 3 is 2.28 bits per heavy atom. The van der Waals surface area contributed by atoms with Gasteiger partial charge in [0.1, 0.15) is 30.7 Å². The average molecular weight is 755 g/mol. The smallest absolute Gasteiger partial charge is 0.309 e. The van der Waals surface area contributed by atoms with Gasteiger partial charge in [0.25, 0.3) is 0 Å². The Balaban J connectivity index is 2.09. The first-order valence-electron chi connectivity index (χ1n) is 19.1. The molecule has 2 N–H and O–H groups in total. The van der Waals surface area contributed by atoms with Crippen LogP contribution in [0.5, 0.6) is 0 Å². The minimum absolute atomic E-state index is 0.000703. The van der Waals surface area contributed by atoms with Crippen LogP contribution < -0.4 is 0 Å². The van der Waals surface area contributed by atoms with Crippen LogP contribution in [0.2, 0.25) is 0 Å². The fourth-order valence-electron chi connectivity index (χ4n) is 7.69. The van der Waals surface area contributed by atoms with Gasteiger partial charge in [-0.25, -0.2) is 0 Å². The van der Waals surface area contributed by atoms with E-state index in [9.17, 15) is 24.6 Å². The number of nitrogens with zero attached hydrogens (tertiary/aromatic N) is 2. The van der Waals surface area contributed by atoms with Gasteiger partial charge in [-0.05, 0) is 80.1 Å². The van der Waals surface area contributed by atoms with Gasteiger partial charge in [0.2, 0.25) is 0 Å². The van der Waals surface area contributed by atoms with Crippen LogP contribution in [0.4, 0.5) is 0 Å². The first-order valence-corrected chi connectivity index (χ1v) is 19.1. The third-order valence-corrected chi connectivity index (χ3v) is 10.6. The molecule has 0 bridgehead atoms. The number of carbonyl (C=O) groups is 3. The zero-order valence-corrected chi connectivity index (χ0v) is 33.4. The van der Waals surface area contributed by atoms with Crippen molar-refractivity contribution < 1.29 is 57.8 Å². The normalized spacial score (nSPS) is 40.7. The third-order valence-electron chi connectivity index (χ3n) is 10.6. The van der Waals surface area contributed by atoms with Gasteiger partial charge in [-0.1, -0.05) is 38.2 Å². The predicted molar refractivity (Wildman–Crippen MR) is 197 cm³/mol. The highest BCUT2D eigenvalue weighted by molar-refractivity contribution is 5.72. The zero-order valence-electron chi connectivity index (χ0n) is 33.4. The summed E-state index contributed by atoms with van der Waals surface area (Å²) in [5.41, 5.74) is 0. The van der Waals surface area contributed by atoms with Gasteiger partial charge in [0.15, 0.2) is 12.6 Å². The van der Waals surface area contributed by atoms with Crippen molar-refractivity contribution in [1.29, 1.82) is 0 Å². The molecular formula is C39H66N2O12. The lowest BCUT2D eigenvalue weighted by atomic mass is 9.82. The van der Waals surface area contributed by atoms with Gasteiger partial charge < -0.3 is 58.0 Å². The van der Waals surface area contributed by atoms with Crippen LogP contribution in [-0.4, -0.2) is 153 Å². The van der Waals surface area contributed by atoms with Crippen molar-refractivity contribution in [2.24, 2.45) is 11.8 Å². The summed E-state index contributed by atoms with van der Waals surface area (Å²) in [6.07, 6.45) is 1.47. The van der Waals surface area contributed by atoms with Gasteiger partial charge >= 0.3 is 11.9 Å². The summed E-state index contributed by atoms with van der Waals surface area (Å²) in [7, 11) is 8.97. The highest BCUT2D eigenvalue weighted by Gasteiger charge is 2.49. The molecule has 14 nitrogen and oxygen atoms in total. The van der Waals surface area contributed by atoms with Crippen molar-refractivity contribution in [2.75, 3.05) is 35.3 Å². The van der Waals surface area contributed by atoms with Crippen LogP contribution in [0.15, 0.2) is 24.3 Å². The standard InChI is InChI=1S/C39H66N2O12/c1-11-31(43)51-30-22-32(44)48-24(3)15-13-12-14-16-29(52-33-18-17-28(40(6)7)25(4)49-33)23(2)21-27(19-20-42)37(38(30)47-10)53-39-36(46)34(41(8)9)35(45)26(5)50-39/h12-14,16,20,23-30,33-39,45-46H,11,15,17-19,21-22H2,1-10H3/b13-12+,16-14-. The molecule has 0 aromatic rings. The maximum atomic E-state index is 13.3. The molecule has 3 rings (SSSR count). The maximum Gasteiger partial charge on any atom is 0.309 e. The number of hydrogen-bond donors (Lipinski definition) is 2. The molecule has 15 atom stereocenters. The van der Waals surface area contributed by atoms with Crippen molar-refractivity contribution >= 4 is 18.2 Å². The number of likely N-dealkylation sites (N-methyl/N-ethyl adjacent to an activating group) is 2. The topological polar surface area (TPSA) is 163 Å². The second kappa shape index (κ2) is 21.7. The molecule has 0 spiro atoms. The van der Waals surface area contributed by atoms with Crippen molar-refractivity contribution in [3.05, 3.63) is 24.3 Å². The van der Waals surface area contributed by atoms with Crippen molar-refractivity contribution in [3.8, 4) is 0 Å². The number of esters is 2. The first-order chi connectivity index (χ1) is 25.1. The lowest BCUT2D eigenvalue weighted by Crippen LogP contribution is -2.63. The van der Waals surface area contributed by atoms with Crippen LogP contribution in [0, 0.1) is 11.8 Å². The SMILES string of the molecule is CCC(=O)OC1CC(=O)OC(C)C/C=C/C=C\C(OC2CCC(N(C)C)C(C)O2)C(C)CC(CC=O)C(OC2OC(C)C(O)C(N(C)C)C2O)C1OC. The highest BCUT2D eigenvalue weighted by atomic mass is 16.7. The van der Waals surface area contributed by atoms with Crippen LogP contribution >= 0.6 is 0 Å². The summed E-state index contributed by atoms with van der Waals surface area (Å²) in [5, 5.41) is 22.4. The predicted octanol–water partition coefficient (Wildman–Crippen LogP) is 3.01. The molecule has 14 heteroatoms. The summed E-state index contributed by atoms with van der Waals surface area (Å²) in [5.74, 6) is -1.98. The third kappa shape index (κ3) is 12.9. The van der Waals surface area contributed by atoms with Gasteiger partial charge in [0, 0.05) is 32.4 Å². The van der Waals surface area contributed by atoms with Crippen molar-refractivity contribution in [2.45, 2.75) is 159 Å². The molecule has 0 aliphatic carbocycles. The lowest BCUT2D eigenvalue weighted by Gasteiger charge is -2.47. The quantitative estimate of drug-likeness (QED) is 0.234. The molecule has 3 heterocycles. The zero-order chi connectivity index (χ0) is 39.4. The van der Waals surface area contributed by atoms with E-state index < -0.39 is 85.3 Å². The minimum atomic E-state index is -1.31. The molecule has 0 aromatic heterocycles. The largest absolute Gasteiger partial charge is 0.462 e. The molecule has 53 heavy (non-hydrogen) atoms. The molecule has 0 aromatic carbocycles. The van der Waals surface area contributed by atoms with E-state index in [1.807, 2.05) is 52.2 Å². The number of cyclic esters (lactones) is 1. The van der Waals surface area contributed by atoms with Gasteiger partial charge in [-0.2, -0.15) is 0 Å². The number of methoxy groups -OCH3 is 1. The van der Waals surface area contributed by atoms with E-state index in [1.165, 1.54) is 7.11 Å². The molecule has 2 fully saturated rings. The monoisotopic (exact) mass is 754 g/mol. The van der Waals surface area contributed by atoms with E-state index in [2.05, 4.69) is 4.90 Å². The summed E-state index contributed by atoms with van der Waals surface area (Å²) < 4.78 is 43.3. The molecule has 2 saturated heterocycles. The summed E-state index contributed by atoms with van der Waals surface area (Å²) in [6.45, 7) is 9.17. The van der Waals surface area contributed by atoms with Crippen LogP contribution in [0.25, 0.3) is 0 Å².